The molecule has 3 rings (SSSR count). The highest BCUT2D eigenvalue weighted by Gasteiger charge is 2.13. The smallest absolute Gasteiger partial charge is 0.271 e. The van der Waals surface area contributed by atoms with Gasteiger partial charge in [0.05, 0.1) is 21.5 Å². The monoisotopic (exact) mass is 289 g/mol. The first-order valence-corrected chi connectivity index (χ1v) is 6.05. The van der Waals surface area contributed by atoms with Gasteiger partial charge >= 0.3 is 0 Å². The van der Waals surface area contributed by atoms with Gasteiger partial charge in [-0.05, 0) is 24.3 Å². The molecule has 2 N–H and O–H groups in total. The molecule has 0 fully saturated rings. The van der Waals surface area contributed by atoms with E-state index in [1.165, 1.54) is 18.2 Å². The first kappa shape index (κ1) is 12.4. The fraction of sp³-hybridized carbons (Fsp3) is 0. The highest BCUT2D eigenvalue weighted by atomic mass is 35.5. The van der Waals surface area contributed by atoms with Crippen LogP contribution in [0.15, 0.2) is 36.4 Å². The third-order valence-electron chi connectivity index (χ3n) is 2.89. The van der Waals surface area contributed by atoms with Crippen LogP contribution in [0.25, 0.3) is 22.4 Å². The molecule has 0 spiro atoms. The van der Waals surface area contributed by atoms with Gasteiger partial charge in [0.25, 0.3) is 5.69 Å². The van der Waals surface area contributed by atoms with E-state index in [1.54, 1.807) is 18.2 Å². The summed E-state index contributed by atoms with van der Waals surface area (Å²) >= 11 is 5.89. The maximum absolute atomic E-state index is 10.7. The van der Waals surface area contributed by atoms with Crippen LogP contribution in [0.4, 0.5) is 5.69 Å². The number of benzene rings is 2. The van der Waals surface area contributed by atoms with Crippen molar-refractivity contribution in [3.8, 4) is 17.1 Å². The number of nitrogens with zero attached hydrogens (tertiary/aromatic N) is 2. The Morgan fingerprint density at radius 2 is 2.05 bits per heavy atom. The summed E-state index contributed by atoms with van der Waals surface area (Å²) in [5.41, 5.74) is 1.50. The van der Waals surface area contributed by atoms with Gasteiger partial charge in [-0.15, -0.1) is 0 Å². The van der Waals surface area contributed by atoms with Crippen molar-refractivity contribution in [2.75, 3.05) is 0 Å². The van der Waals surface area contributed by atoms with Crippen LogP contribution in [0.5, 0.6) is 5.75 Å². The van der Waals surface area contributed by atoms with E-state index in [9.17, 15) is 15.2 Å². The van der Waals surface area contributed by atoms with Crippen LogP contribution in [0.2, 0.25) is 5.02 Å². The van der Waals surface area contributed by atoms with Crippen LogP contribution in [0, 0.1) is 10.1 Å². The number of halogens is 1. The third-order valence-corrected chi connectivity index (χ3v) is 3.13. The molecule has 0 aliphatic carbocycles. The molecule has 0 aliphatic rings. The second kappa shape index (κ2) is 4.50. The van der Waals surface area contributed by atoms with Crippen molar-refractivity contribution >= 4 is 28.3 Å². The van der Waals surface area contributed by atoms with Crippen molar-refractivity contribution in [3.05, 3.63) is 51.5 Å². The molecule has 7 heteroatoms. The van der Waals surface area contributed by atoms with Crippen LogP contribution in [-0.2, 0) is 0 Å². The lowest BCUT2D eigenvalue weighted by molar-refractivity contribution is -0.384. The molecule has 6 nitrogen and oxygen atoms in total. The molecule has 0 saturated heterocycles. The maximum atomic E-state index is 10.7. The largest absolute Gasteiger partial charge is 0.507 e. The molecule has 0 bridgehead atoms. The summed E-state index contributed by atoms with van der Waals surface area (Å²) in [6, 6.07) is 8.94. The van der Waals surface area contributed by atoms with Crippen LogP contribution < -0.4 is 0 Å². The topological polar surface area (TPSA) is 92.0 Å². The van der Waals surface area contributed by atoms with Crippen LogP contribution in [0.1, 0.15) is 0 Å². The summed E-state index contributed by atoms with van der Waals surface area (Å²) in [5.74, 6) is 0.434. The first-order chi connectivity index (χ1) is 9.54. The van der Waals surface area contributed by atoms with E-state index in [4.69, 9.17) is 11.6 Å². The van der Waals surface area contributed by atoms with Gasteiger partial charge in [-0.25, -0.2) is 4.98 Å². The number of nitrogens with one attached hydrogen (secondary N) is 1. The summed E-state index contributed by atoms with van der Waals surface area (Å²) in [6.45, 7) is 0. The molecule has 0 unspecified atom stereocenters. The molecule has 100 valence electrons. The number of aromatic amines is 1. The molecule has 0 amide bonds. The van der Waals surface area contributed by atoms with Crippen LogP contribution in [0.3, 0.4) is 0 Å². The SMILES string of the molecule is O=[N+]([O-])c1ccc2[nH]c(-c3cc(Cl)ccc3O)nc2c1. The Morgan fingerprint density at radius 1 is 1.25 bits per heavy atom. The van der Waals surface area contributed by atoms with E-state index >= 15 is 0 Å². The summed E-state index contributed by atoms with van der Waals surface area (Å²) in [6.07, 6.45) is 0. The van der Waals surface area contributed by atoms with Gasteiger partial charge in [0.1, 0.15) is 11.6 Å². The molecule has 2 aromatic carbocycles. The Labute approximate surface area is 117 Å². The van der Waals surface area contributed by atoms with Gasteiger partial charge in [-0.2, -0.15) is 0 Å². The second-order valence-electron chi connectivity index (χ2n) is 4.21. The maximum Gasteiger partial charge on any atom is 0.271 e. The zero-order valence-corrected chi connectivity index (χ0v) is 10.8. The Bertz CT molecular complexity index is 829. The van der Waals surface area contributed by atoms with E-state index in [-0.39, 0.29) is 11.4 Å². The first-order valence-electron chi connectivity index (χ1n) is 5.67. The quantitative estimate of drug-likeness (QED) is 0.558. The summed E-state index contributed by atoms with van der Waals surface area (Å²) in [5, 5.41) is 21.0. The average molecular weight is 290 g/mol. The number of phenolic OH excluding ortho intramolecular Hbond substituents is 1. The number of imidazole rings is 1. The lowest BCUT2D eigenvalue weighted by Gasteiger charge is -2.00. The van der Waals surface area contributed by atoms with Gasteiger partial charge in [0, 0.05) is 17.2 Å². The average Bonchev–Trinajstić information content (AvgIpc) is 2.83. The molecule has 1 aromatic heterocycles. The fourth-order valence-electron chi connectivity index (χ4n) is 1.93. The molecule has 0 aliphatic heterocycles. The summed E-state index contributed by atoms with van der Waals surface area (Å²) in [4.78, 5) is 17.5. The van der Waals surface area contributed by atoms with Crippen LogP contribution >= 0.6 is 11.6 Å². The molecule has 0 saturated carbocycles. The number of fused-ring (bicyclic) bond motifs is 1. The van der Waals surface area contributed by atoms with Crippen molar-refractivity contribution in [1.29, 1.82) is 0 Å². The number of nitro groups is 1. The number of phenols is 1. The number of nitro benzene ring substituents is 1. The van der Waals surface area contributed by atoms with Gasteiger partial charge in [-0.1, -0.05) is 11.6 Å². The van der Waals surface area contributed by atoms with E-state index < -0.39 is 4.92 Å². The van der Waals surface area contributed by atoms with Crippen LogP contribution in [-0.4, -0.2) is 20.0 Å². The lowest BCUT2D eigenvalue weighted by Crippen LogP contribution is -1.86. The van der Waals surface area contributed by atoms with Gasteiger partial charge < -0.3 is 10.1 Å². The molecule has 20 heavy (non-hydrogen) atoms. The minimum absolute atomic E-state index is 0.0305. The number of aromatic nitrogens is 2. The zero-order valence-electron chi connectivity index (χ0n) is 10.0. The predicted octanol–water partition coefficient (Wildman–Crippen LogP) is 3.50. The molecular weight excluding hydrogens is 282 g/mol. The number of hydrogen-bond acceptors (Lipinski definition) is 4. The third kappa shape index (κ3) is 2.06. The predicted molar refractivity (Wildman–Crippen MR) is 74.9 cm³/mol. The number of rotatable bonds is 2. The Morgan fingerprint density at radius 3 is 2.80 bits per heavy atom. The van der Waals surface area contributed by atoms with Gasteiger partial charge in [0.15, 0.2) is 0 Å². The zero-order chi connectivity index (χ0) is 14.3. The number of hydrogen-bond donors (Lipinski definition) is 2. The number of non-ortho nitro benzene ring substituents is 1. The normalized spacial score (nSPS) is 10.8. The standard InChI is InChI=1S/C13H8ClN3O3/c14-7-1-4-12(18)9(5-7)13-15-10-3-2-8(17(19)20)6-11(10)16-13/h1-6,18H,(H,15,16). The lowest BCUT2D eigenvalue weighted by atomic mass is 10.2. The Balaban J connectivity index is 2.17. The minimum atomic E-state index is -0.481. The molecule has 0 radical (unpaired) electrons. The number of H-pyrrole nitrogens is 1. The summed E-state index contributed by atoms with van der Waals surface area (Å²) < 4.78 is 0. The highest BCUT2D eigenvalue weighted by molar-refractivity contribution is 6.30. The Kier molecular flexibility index (Phi) is 2.80. The molecule has 3 aromatic rings. The van der Waals surface area contributed by atoms with Gasteiger partial charge in [-0.3, -0.25) is 10.1 Å². The van der Waals surface area contributed by atoms with E-state index in [0.717, 1.165) is 0 Å². The van der Waals surface area contributed by atoms with E-state index in [1.807, 2.05) is 0 Å². The van der Waals surface area contributed by atoms with E-state index in [2.05, 4.69) is 9.97 Å². The van der Waals surface area contributed by atoms with Crippen molar-refractivity contribution < 1.29 is 10.0 Å². The Hall–Kier alpha value is -2.60. The van der Waals surface area contributed by atoms with Crippen molar-refractivity contribution in [2.45, 2.75) is 0 Å². The fourth-order valence-corrected chi connectivity index (χ4v) is 2.11. The van der Waals surface area contributed by atoms with Crippen molar-refractivity contribution in [1.82, 2.24) is 9.97 Å². The highest BCUT2D eigenvalue weighted by Crippen LogP contribution is 2.31. The van der Waals surface area contributed by atoms with E-state index in [0.29, 0.717) is 27.4 Å². The van der Waals surface area contributed by atoms with Crippen molar-refractivity contribution in [2.24, 2.45) is 0 Å². The second-order valence-corrected chi connectivity index (χ2v) is 4.64. The summed E-state index contributed by atoms with van der Waals surface area (Å²) in [7, 11) is 0. The van der Waals surface area contributed by atoms with Crippen molar-refractivity contribution in [3.63, 3.8) is 0 Å². The molecule has 0 atom stereocenters. The molecular formula is C13H8ClN3O3. The number of aromatic hydroxyl groups is 1. The molecule has 1 heterocycles. The van der Waals surface area contributed by atoms with Gasteiger partial charge in [0.2, 0.25) is 0 Å². The minimum Gasteiger partial charge on any atom is -0.507 e.